The molecule has 1 saturated heterocycles. The quantitative estimate of drug-likeness (QED) is 0.714. The van der Waals surface area contributed by atoms with E-state index in [-0.39, 0.29) is 17.6 Å². The lowest BCUT2D eigenvalue weighted by Crippen LogP contribution is -2.41. The Balaban J connectivity index is 1.48. The van der Waals surface area contributed by atoms with Crippen LogP contribution in [0.1, 0.15) is 23.8 Å². The number of piperidine rings is 1. The number of halogens is 1. The number of carbonyl (C=O) groups excluding carboxylic acids is 1. The molecule has 3 aromatic rings. The Hall–Kier alpha value is -2.47. The molecule has 1 fully saturated rings. The first-order valence-electron chi connectivity index (χ1n) is 8.36. The van der Waals surface area contributed by atoms with Gasteiger partial charge in [0.2, 0.25) is 0 Å². The summed E-state index contributed by atoms with van der Waals surface area (Å²) in [5.41, 5.74) is 1.23. The number of carbonyl (C=O) groups is 1. The lowest BCUT2D eigenvalue weighted by molar-refractivity contribution is 0.192. The number of hydrogen-bond donors (Lipinski definition) is 1. The Morgan fingerprint density at radius 2 is 2.00 bits per heavy atom. The summed E-state index contributed by atoms with van der Waals surface area (Å²) in [6.45, 7) is 1.29. The number of thiazole rings is 1. The fraction of sp³-hybridized carbons (Fsp3) is 0.263. The Kier molecular flexibility index (Phi) is 4.36. The SMILES string of the molecule is O=C(Nc1ccccc1F)N1CCC[C@@H](c2nc3ccccc3s2)C1. The number of anilines is 1. The van der Waals surface area contributed by atoms with Gasteiger partial charge in [-0.15, -0.1) is 11.3 Å². The van der Waals surface area contributed by atoms with Crippen LogP contribution in [0.4, 0.5) is 14.9 Å². The number of amides is 2. The highest BCUT2D eigenvalue weighted by molar-refractivity contribution is 7.18. The maximum atomic E-state index is 13.7. The molecular formula is C19H18FN3OS. The van der Waals surface area contributed by atoms with Crippen molar-refractivity contribution in [1.29, 1.82) is 0 Å². The summed E-state index contributed by atoms with van der Waals surface area (Å²) < 4.78 is 14.9. The fourth-order valence-electron chi connectivity index (χ4n) is 3.18. The molecule has 1 atom stereocenters. The largest absolute Gasteiger partial charge is 0.324 e. The smallest absolute Gasteiger partial charge is 0.321 e. The summed E-state index contributed by atoms with van der Waals surface area (Å²) in [5.74, 6) is -0.187. The van der Waals surface area contributed by atoms with Crippen LogP contribution in [0.15, 0.2) is 48.5 Å². The van der Waals surface area contributed by atoms with E-state index >= 15 is 0 Å². The van der Waals surface area contributed by atoms with Gasteiger partial charge in [0, 0.05) is 19.0 Å². The topological polar surface area (TPSA) is 45.2 Å². The third kappa shape index (κ3) is 3.35. The van der Waals surface area contributed by atoms with Gasteiger partial charge in [-0.25, -0.2) is 14.2 Å². The number of likely N-dealkylation sites (tertiary alicyclic amines) is 1. The summed E-state index contributed by atoms with van der Waals surface area (Å²) in [6, 6.07) is 14.1. The van der Waals surface area contributed by atoms with Crippen LogP contribution < -0.4 is 5.32 Å². The van der Waals surface area contributed by atoms with Gasteiger partial charge in [0.25, 0.3) is 0 Å². The monoisotopic (exact) mass is 355 g/mol. The van der Waals surface area contributed by atoms with E-state index in [1.54, 1.807) is 34.4 Å². The maximum Gasteiger partial charge on any atom is 0.321 e. The van der Waals surface area contributed by atoms with Gasteiger partial charge in [-0.05, 0) is 37.1 Å². The number of fused-ring (bicyclic) bond motifs is 1. The Bertz CT molecular complexity index is 877. The number of hydrogen-bond acceptors (Lipinski definition) is 3. The molecule has 0 radical (unpaired) electrons. The highest BCUT2D eigenvalue weighted by atomic mass is 32.1. The van der Waals surface area contributed by atoms with Crippen LogP contribution in [0.5, 0.6) is 0 Å². The van der Waals surface area contributed by atoms with E-state index in [0.29, 0.717) is 13.1 Å². The molecule has 0 bridgehead atoms. The zero-order chi connectivity index (χ0) is 17.2. The van der Waals surface area contributed by atoms with Gasteiger partial charge in [0.15, 0.2) is 0 Å². The molecule has 0 spiro atoms. The molecule has 2 heterocycles. The lowest BCUT2D eigenvalue weighted by atomic mass is 9.99. The van der Waals surface area contributed by atoms with Crippen molar-refractivity contribution in [3.63, 3.8) is 0 Å². The number of nitrogens with one attached hydrogen (secondary N) is 1. The van der Waals surface area contributed by atoms with Crippen LogP contribution in [-0.2, 0) is 0 Å². The standard InChI is InChI=1S/C19H18FN3OS/c20-14-7-1-2-8-15(14)22-19(24)23-11-5-6-13(12-23)18-21-16-9-3-4-10-17(16)25-18/h1-4,7-10,13H,5-6,11-12H2,(H,22,24)/t13-/m1/s1. The normalized spacial score (nSPS) is 17.6. The van der Waals surface area contributed by atoms with Gasteiger partial charge in [-0.1, -0.05) is 24.3 Å². The van der Waals surface area contributed by atoms with Gasteiger partial charge in [0.1, 0.15) is 5.82 Å². The van der Waals surface area contributed by atoms with E-state index in [1.165, 1.54) is 10.8 Å². The first kappa shape index (κ1) is 16.0. The van der Waals surface area contributed by atoms with E-state index in [4.69, 9.17) is 4.98 Å². The molecule has 0 aliphatic carbocycles. The van der Waals surface area contributed by atoms with Gasteiger partial charge in [-0.2, -0.15) is 0 Å². The first-order valence-corrected chi connectivity index (χ1v) is 9.18. The summed E-state index contributed by atoms with van der Waals surface area (Å²) in [4.78, 5) is 19.0. The van der Waals surface area contributed by atoms with E-state index in [2.05, 4.69) is 11.4 Å². The maximum absolute atomic E-state index is 13.7. The summed E-state index contributed by atoms with van der Waals surface area (Å²) in [6.07, 6.45) is 1.94. The predicted octanol–water partition coefficient (Wildman–Crippen LogP) is 4.85. The summed E-state index contributed by atoms with van der Waals surface area (Å²) in [7, 11) is 0. The Morgan fingerprint density at radius 1 is 1.20 bits per heavy atom. The minimum absolute atomic E-state index is 0.217. The number of urea groups is 1. The summed E-state index contributed by atoms with van der Waals surface area (Å²) in [5, 5.41) is 3.75. The number of nitrogens with zero attached hydrogens (tertiary/aromatic N) is 2. The molecule has 25 heavy (non-hydrogen) atoms. The number of aromatic nitrogens is 1. The van der Waals surface area contributed by atoms with Crippen LogP contribution in [0.3, 0.4) is 0 Å². The number of benzene rings is 2. The average molecular weight is 355 g/mol. The molecular weight excluding hydrogens is 337 g/mol. The Labute approximate surface area is 149 Å². The molecule has 1 N–H and O–H groups in total. The molecule has 0 unspecified atom stereocenters. The van der Waals surface area contributed by atoms with Crippen molar-refractivity contribution in [3.8, 4) is 0 Å². The molecule has 1 aliphatic rings. The van der Waals surface area contributed by atoms with Crippen LogP contribution in [0.25, 0.3) is 10.2 Å². The lowest BCUT2D eigenvalue weighted by Gasteiger charge is -2.31. The number of para-hydroxylation sites is 2. The van der Waals surface area contributed by atoms with Crippen molar-refractivity contribution in [2.75, 3.05) is 18.4 Å². The second-order valence-corrected chi connectivity index (χ2v) is 7.28. The molecule has 2 amide bonds. The van der Waals surface area contributed by atoms with E-state index in [1.807, 2.05) is 18.2 Å². The second-order valence-electron chi connectivity index (χ2n) is 6.21. The van der Waals surface area contributed by atoms with Crippen molar-refractivity contribution < 1.29 is 9.18 Å². The molecule has 4 rings (SSSR count). The van der Waals surface area contributed by atoms with Gasteiger partial charge < -0.3 is 10.2 Å². The van der Waals surface area contributed by atoms with Gasteiger partial charge in [-0.3, -0.25) is 0 Å². The van der Waals surface area contributed by atoms with Gasteiger partial charge in [0.05, 0.1) is 20.9 Å². The fourth-order valence-corrected chi connectivity index (χ4v) is 4.28. The second kappa shape index (κ2) is 6.80. The van der Waals surface area contributed by atoms with Crippen molar-refractivity contribution >= 4 is 33.3 Å². The highest BCUT2D eigenvalue weighted by Crippen LogP contribution is 2.33. The van der Waals surface area contributed by atoms with Crippen LogP contribution in [0.2, 0.25) is 0 Å². The highest BCUT2D eigenvalue weighted by Gasteiger charge is 2.27. The van der Waals surface area contributed by atoms with E-state index < -0.39 is 5.82 Å². The minimum atomic E-state index is -0.421. The predicted molar refractivity (Wildman–Crippen MR) is 98.6 cm³/mol. The first-order chi connectivity index (χ1) is 12.2. The minimum Gasteiger partial charge on any atom is -0.324 e. The van der Waals surface area contributed by atoms with Crippen molar-refractivity contribution in [3.05, 3.63) is 59.4 Å². The van der Waals surface area contributed by atoms with E-state index in [9.17, 15) is 9.18 Å². The molecule has 128 valence electrons. The number of rotatable bonds is 2. The van der Waals surface area contributed by atoms with Crippen molar-refractivity contribution in [2.24, 2.45) is 0 Å². The third-order valence-corrected chi connectivity index (χ3v) is 5.68. The molecule has 1 aliphatic heterocycles. The van der Waals surface area contributed by atoms with Crippen LogP contribution in [0, 0.1) is 5.82 Å². The molecule has 4 nitrogen and oxygen atoms in total. The molecule has 1 aromatic heterocycles. The van der Waals surface area contributed by atoms with Crippen molar-refractivity contribution in [2.45, 2.75) is 18.8 Å². The zero-order valence-corrected chi connectivity index (χ0v) is 14.4. The van der Waals surface area contributed by atoms with E-state index in [0.717, 1.165) is 23.4 Å². The zero-order valence-electron chi connectivity index (χ0n) is 13.6. The third-order valence-electron chi connectivity index (χ3n) is 4.48. The van der Waals surface area contributed by atoms with Crippen LogP contribution in [-0.4, -0.2) is 29.0 Å². The Morgan fingerprint density at radius 3 is 2.84 bits per heavy atom. The molecule has 2 aromatic carbocycles. The van der Waals surface area contributed by atoms with Crippen LogP contribution >= 0.6 is 11.3 Å². The summed E-state index contributed by atoms with van der Waals surface area (Å²) >= 11 is 1.69. The van der Waals surface area contributed by atoms with Crippen molar-refractivity contribution in [1.82, 2.24) is 9.88 Å². The average Bonchev–Trinajstić information content (AvgIpc) is 3.08. The van der Waals surface area contributed by atoms with Gasteiger partial charge >= 0.3 is 6.03 Å². The molecule has 6 heteroatoms. The molecule has 0 saturated carbocycles.